The van der Waals surface area contributed by atoms with Crippen LogP contribution in [0.3, 0.4) is 0 Å². The molecule has 2 aromatic rings. The zero-order valence-corrected chi connectivity index (χ0v) is 15.0. The number of rotatable bonds is 8. The van der Waals surface area contributed by atoms with E-state index in [9.17, 15) is 4.39 Å². The lowest BCUT2D eigenvalue weighted by molar-refractivity contribution is 0.123. The lowest BCUT2D eigenvalue weighted by Gasteiger charge is -2.09. The van der Waals surface area contributed by atoms with Crippen LogP contribution in [-0.2, 0) is 17.7 Å². The third-order valence-electron chi connectivity index (χ3n) is 3.29. The monoisotopic (exact) mass is 424 g/mol. The van der Waals surface area contributed by atoms with Crippen molar-refractivity contribution < 1.29 is 9.13 Å². The molecule has 0 saturated heterocycles. The molecule has 0 aliphatic heterocycles. The van der Waals surface area contributed by atoms with Crippen molar-refractivity contribution in [2.24, 2.45) is 0 Å². The van der Waals surface area contributed by atoms with E-state index in [0.717, 1.165) is 36.3 Å². The molecule has 0 bridgehead atoms. The first-order valence-electron chi connectivity index (χ1n) is 7.15. The van der Waals surface area contributed by atoms with Crippen LogP contribution in [0.4, 0.5) is 4.39 Å². The Morgan fingerprint density at radius 3 is 2.90 bits per heavy atom. The first kappa shape index (κ1) is 17.0. The highest BCUT2D eigenvalue weighted by Gasteiger charge is 2.13. The van der Waals surface area contributed by atoms with Gasteiger partial charge in [0.2, 0.25) is 0 Å². The number of hydrogen-bond donors (Lipinski definition) is 0. The summed E-state index contributed by atoms with van der Waals surface area (Å²) in [5.74, 6) is 1.17. The van der Waals surface area contributed by atoms with Gasteiger partial charge in [0.1, 0.15) is 11.6 Å². The van der Waals surface area contributed by atoms with Crippen LogP contribution in [0.1, 0.15) is 25.6 Å². The number of ether oxygens (including phenoxy) is 1. The molecule has 0 radical (unpaired) electrons. The summed E-state index contributed by atoms with van der Waals surface area (Å²) in [5.41, 5.74) is 1.63. The van der Waals surface area contributed by atoms with E-state index in [1.54, 1.807) is 12.1 Å². The fourth-order valence-corrected chi connectivity index (χ4v) is 2.82. The van der Waals surface area contributed by atoms with Crippen molar-refractivity contribution in [1.82, 2.24) is 9.55 Å². The molecule has 0 saturated carbocycles. The summed E-state index contributed by atoms with van der Waals surface area (Å²) in [4.78, 5) is 4.57. The average molecular weight is 425 g/mol. The molecule has 1 aromatic heterocycles. The highest BCUT2D eigenvalue weighted by Crippen LogP contribution is 2.22. The number of halogens is 3. The third-order valence-corrected chi connectivity index (χ3v) is 4.30. The Morgan fingerprint density at radius 1 is 1.38 bits per heavy atom. The van der Waals surface area contributed by atoms with Gasteiger partial charge >= 0.3 is 0 Å². The number of alkyl halides is 1. The van der Waals surface area contributed by atoms with Crippen molar-refractivity contribution in [2.45, 2.75) is 32.7 Å². The highest BCUT2D eigenvalue weighted by atomic mass is 127. The van der Waals surface area contributed by atoms with Crippen molar-refractivity contribution in [2.75, 3.05) is 19.1 Å². The van der Waals surface area contributed by atoms with Gasteiger partial charge < -0.3 is 9.30 Å². The quantitative estimate of drug-likeness (QED) is 0.357. The van der Waals surface area contributed by atoms with E-state index in [-0.39, 0.29) is 5.82 Å². The molecule has 0 amide bonds. The number of unbranched alkanes of at least 4 members (excludes halogenated alkanes) is 1. The van der Waals surface area contributed by atoms with Crippen LogP contribution in [0.2, 0.25) is 0 Å². The number of aryl methyl sites for hydroxylation is 1. The van der Waals surface area contributed by atoms with E-state index < -0.39 is 0 Å². The van der Waals surface area contributed by atoms with Crippen LogP contribution in [0, 0.1) is 9.39 Å². The maximum absolute atomic E-state index is 13.8. The lowest BCUT2D eigenvalue weighted by Crippen LogP contribution is -2.10. The third kappa shape index (κ3) is 4.29. The number of hydrogen-bond acceptors (Lipinski definition) is 2. The van der Waals surface area contributed by atoms with Crippen LogP contribution in [0.5, 0.6) is 0 Å². The topological polar surface area (TPSA) is 27.1 Å². The smallest absolute Gasteiger partial charge is 0.138 e. The van der Waals surface area contributed by atoms with Gasteiger partial charge in [-0.25, -0.2) is 9.37 Å². The molecule has 0 atom stereocenters. The van der Waals surface area contributed by atoms with Gasteiger partial charge in [-0.3, -0.25) is 0 Å². The summed E-state index contributed by atoms with van der Waals surface area (Å²) in [6, 6.07) is 3.32. The Morgan fingerprint density at radius 2 is 2.19 bits per heavy atom. The van der Waals surface area contributed by atoms with Gasteiger partial charge in [0, 0.05) is 31.5 Å². The molecule has 1 aromatic carbocycles. The maximum Gasteiger partial charge on any atom is 0.138 e. The first-order chi connectivity index (χ1) is 10.2. The second kappa shape index (κ2) is 8.29. The average Bonchev–Trinajstić information content (AvgIpc) is 2.77. The van der Waals surface area contributed by atoms with Crippen LogP contribution in [0.15, 0.2) is 12.1 Å². The highest BCUT2D eigenvalue weighted by molar-refractivity contribution is 14.1. The predicted molar refractivity (Wildman–Crippen MR) is 92.6 cm³/mol. The zero-order chi connectivity index (χ0) is 15.2. The summed E-state index contributed by atoms with van der Waals surface area (Å²) in [5, 5.41) is 0. The van der Waals surface area contributed by atoms with Gasteiger partial charge in [0.15, 0.2) is 0 Å². The fraction of sp³-hybridized carbons (Fsp3) is 0.533. The van der Waals surface area contributed by atoms with Crippen LogP contribution in [0.25, 0.3) is 11.0 Å². The Labute approximate surface area is 143 Å². The number of aromatic nitrogens is 2. The Balaban J connectivity index is 2.21. The van der Waals surface area contributed by atoms with Crippen molar-refractivity contribution >= 4 is 45.2 Å². The molecule has 1 heterocycles. The summed E-state index contributed by atoms with van der Waals surface area (Å²) < 4.78 is 22.0. The van der Waals surface area contributed by atoms with Gasteiger partial charge in [-0.2, -0.15) is 0 Å². The normalized spacial score (nSPS) is 11.4. The number of nitrogens with zero attached hydrogens (tertiary/aromatic N) is 2. The number of benzene rings is 1. The standard InChI is InChI=1S/C15H19ClFIN2O/c1-2-3-7-21-8-6-20-14-9-11(17)12(18)10-13(14)19-15(20)4-5-16/h9-10H,2-8H2,1H3. The summed E-state index contributed by atoms with van der Waals surface area (Å²) in [6.45, 7) is 4.18. The fourth-order valence-electron chi connectivity index (χ4n) is 2.20. The molecule has 6 heteroatoms. The SMILES string of the molecule is CCCCOCCn1c(CCCl)nc2cc(I)c(F)cc21. The molecule has 0 unspecified atom stereocenters. The van der Waals surface area contributed by atoms with E-state index in [0.29, 0.717) is 29.0 Å². The number of imidazole rings is 1. The molecule has 3 nitrogen and oxygen atoms in total. The predicted octanol–water partition coefficient (Wildman–Crippen LogP) is 4.38. The molecule has 2 rings (SSSR count). The molecule has 116 valence electrons. The minimum atomic E-state index is -0.214. The maximum atomic E-state index is 13.8. The molecule has 0 fully saturated rings. The zero-order valence-electron chi connectivity index (χ0n) is 12.0. The van der Waals surface area contributed by atoms with Gasteiger partial charge in [-0.1, -0.05) is 13.3 Å². The van der Waals surface area contributed by atoms with E-state index in [2.05, 4.69) is 11.9 Å². The van der Waals surface area contributed by atoms with Crippen molar-refractivity contribution in [3.8, 4) is 0 Å². The van der Waals surface area contributed by atoms with E-state index >= 15 is 0 Å². The Bertz CT molecular complexity index is 603. The molecule has 0 aliphatic rings. The van der Waals surface area contributed by atoms with E-state index in [1.807, 2.05) is 27.2 Å². The second-order valence-electron chi connectivity index (χ2n) is 4.84. The van der Waals surface area contributed by atoms with Crippen molar-refractivity contribution in [3.05, 3.63) is 27.3 Å². The van der Waals surface area contributed by atoms with Gasteiger partial charge in [0.05, 0.1) is 21.2 Å². The van der Waals surface area contributed by atoms with Crippen molar-refractivity contribution in [3.63, 3.8) is 0 Å². The lowest BCUT2D eigenvalue weighted by atomic mass is 10.3. The van der Waals surface area contributed by atoms with Gasteiger partial charge in [-0.05, 0) is 35.1 Å². The minimum absolute atomic E-state index is 0.214. The van der Waals surface area contributed by atoms with E-state index in [4.69, 9.17) is 16.3 Å². The van der Waals surface area contributed by atoms with Crippen LogP contribution in [-0.4, -0.2) is 28.6 Å². The van der Waals surface area contributed by atoms with Crippen molar-refractivity contribution in [1.29, 1.82) is 0 Å². The van der Waals surface area contributed by atoms with Gasteiger partial charge in [0.25, 0.3) is 0 Å². The minimum Gasteiger partial charge on any atom is -0.380 e. The Hall–Kier alpha value is -0.400. The van der Waals surface area contributed by atoms with Gasteiger partial charge in [-0.15, -0.1) is 11.6 Å². The largest absolute Gasteiger partial charge is 0.380 e. The summed E-state index contributed by atoms with van der Waals surface area (Å²) in [7, 11) is 0. The summed E-state index contributed by atoms with van der Waals surface area (Å²) in [6.07, 6.45) is 2.85. The first-order valence-corrected chi connectivity index (χ1v) is 8.76. The van der Waals surface area contributed by atoms with Crippen LogP contribution < -0.4 is 0 Å². The molecule has 0 N–H and O–H groups in total. The molecule has 0 aliphatic carbocycles. The number of fused-ring (bicyclic) bond motifs is 1. The van der Waals surface area contributed by atoms with Crippen LogP contribution >= 0.6 is 34.2 Å². The van der Waals surface area contributed by atoms with E-state index in [1.165, 1.54) is 0 Å². The second-order valence-corrected chi connectivity index (χ2v) is 6.38. The molecule has 0 spiro atoms. The summed E-state index contributed by atoms with van der Waals surface area (Å²) >= 11 is 7.82. The Kier molecular flexibility index (Phi) is 6.70. The molecular weight excluding hydrogens is 406 g/mol. The molecule has 21 heavy (non-hydrogen) atoms. The molecular formula is C15H19ClFIN2O.